The molecular formula is C14H29BrO. The average molecular weight is 293 g/mol. The maximum Gasteiger partial charge on any atom is 0.0547 e. The summed E-state index contributed by atoms with van der Waals surface area (Å²) < 4.78 is 5.91. The molecule has 0 spiro atoms. The second-order valence-corrected chi connectivity index (χ2v) is 5.80. The molecule has 0 bridgehead atoms. The molecule has 2 unspecified atom stereocenters. The van der Waals surface area contributed by atoms with Crippen molar-refractivity contribution in [3.8, 4) is 0 Å². The lowest BCUT2D eigenvalue weighted by Crippen LogP contribution is -2.21. The van der Waals surface area contributed by atoms with E-state index in [4.69, 9.17) is 4.74 Å². The Balaban J connectivity index is 3.51. The molecule has 0 aromatic carbocycles. The number of hydrogen-bond donors (Lipinski definition) is 0. The summed E-state index contributed by atoms with van der Waals surface area (Å²) in [6.07, 6.45) is 6.99. The van der Waals surface area contributed by atoms with Crippen LogP contribution in [0.15, 0.2) is 0 Å². The van der Waals surface area contributed by atoms with Crippen LogP contribution >= 0.6 is 15.9 Å². The smallest absolute Gasteiger partial charge is 0.0547 e. The van der Waals surface area contributed by atoms with Crippen LogP contribution in [0.3, 0.4) is 0 Å². The van der Waals surface area contributed by atoms with E-state index in [-0.39, 0.29) is 0 Å². The first-order valence-electron chi connectivity index (χ1n) is 6.79. The molecule has 0 saturated heterocycles. The summed E-state index contributed by atoms with van der Waals surface area (Å²) in [5.74, 6) is 1.35. The van der Waals surface area contributed by atoms with Gasteiger partial charge in [0.2, 0.25) is 0 Å². The van der Waals surface area contributed by atoms with Gasteiger partial charge < -0.3 is 4.74 Å². The Kier molecular flexibility index (Phi) is 10.9. The molecule has 98 valence electrons. The Bertz CT molecular complexity index is 148. The van der Waals surface area contributed by atoms with Gasteiger partial charge in [-0.15, -0.1) is 0 Å². The molecule has 2 heteroatoms. The van der Waals surface area contributed by atoms with E-state index in [1.807, 2.05) is 0 Å². The number of rotatable bonds is 10. The molecule has 0 fully saturated rings. The van der Waals surface area contributed by atoms with Crippen LogP contribution in [-0.2, 0) is 4.74 Å². The fourth-order valence-corrected chi connectivity index (χ4v) is 2.58. The quantitative estimate of drug-likeness (QED) is 0.405. The van der Waals surface area contributed by atoms with E-state index in [0.29, 0.717) is 17.9 Å². The van der Waals surface area contributed by atoms with Crippen molar-refractivity contribution in [1.29, 1.82) is 0 Å². The van der Waals surface area contributed by atoms with Gasteiger partial charge in [0.1, 0.15) is 0 Å². The van der Waals surface area contributed by atoms with E-state index >= 15 is 0 Å². The number of unbranched alkanes of at least 4 members (excludes halogenated alkanes) is 3. The molecule has 0 aromatic heterocycles. The van der Waals surface area contributed by atoms with Crippen molar-refractivity contribution in [3.05, 3.63) is 0 Å². The topological polar surface area (TPSA) is 9.23 Å². The average Bonchev–Trinajstić information content (AvgIpc) is 2.25. The lowest BCUT2D eigenvalue weighted by molar-refractivity contribution is 0.0293. The predicted molar refractivity (Wildman–Crippen MR) is 76.3 cm³/mol. The zero-order chi connectivity index (χ0) is 12.4. The molecule has 0 radical (unpaired) electrons. The molecule has 0 heterocycles. The van der Waals surface area contributed by atoms with Crippen molar-refractivity contribution < 1.29 is 4.74 Å². The van der Waals surface area contributed by atoms with Crippen LogP contribution < -0.4 is 0 Å². The Morgan fingerprint density at radius 1 is 1.06 bits per heavy atom. The van der Waals surface area contributed by atoms with Gasteiger partial charge in [-0.05, 0) is 25.2 Å². The summed E-state index contributed by atoms with van der Waals surface area (Å²) in [6.45, 7) is 9.89. The molecule has 0 aliphatic heterocycles. The van der Waals surface area contributed by atoms with Gasteiger partial charge in [-0.1, -0.05) is 62.4 Å². The minimum atomic E-state index is 0.428. The standard InChI is InChI=1S/C14H29BrO/c1-5-6-7-8-9-13(4)16-11-14(10-15)12(2)3/h12-14H,5-11H2,1-4H3. The molecule has 16 heavy (non-hydrogen) atoms. The normalized spacial score (nSPS) is 15.4. The predicted octanol–water partition coefficient (Wildman–Crippen LogP) is 5.03. The number of alkyl halides is 1. The highest BCUT2D eigenvalue weighted by molar-refractivity contribution is 9.09. The zero-order valence-electron chi connectivity index (χ0n) is 11.5. The zero-order valence-corrected chi connectivity index (χ0v) is 13.1. The molecule has 0 rings (SSSR count). The van der Waals surface area contributed by atoms with E-state index in [1.54, 1.807) is 0 Å². The maximum atomic E-state index is 5.91. The van der Waals surface area contributed by atoms with E-state index in [1.165, 1.54) is 32.1 Å². The van der Waals surface area contributed by atoms with Gasteiger partial charge in [-0.25, -0.2) is 0 Å². The van der Waals surface area contributed by atoms with E-state index < -0.39 is 0 Å². The molecule has 2 atom stereocenters. The summed E-state index contributed by atoms with van der Waals surface area (Å²) in [5.41, 5.74) is 0. The Labute approximate surface area is 110 Å². The lowest BCUT2D eigenvalue weighted by atomic mass is 9.99. The summed E-state index contributed by atoms with van der Waals surface area (Å²) in [7, 11) is 0. The third-order valence-electron chi connectivity index (χ3n) is 3.20. The van der Waals surface area contributed by atoms with Gasteiger partial charge >= 0.3 is 0 Å². The van der Waals surface area contributed by atoms with Crippen LogP contribution in [-0.4, -0.2) is 18.0 Å². The Hall–Kier alpha value is 0.440. The van der Waals surface area contributed by atoms with Gasteiger partial charge in [0.25, 0.3) is 0 Å². The molecule has 0 aromatic rings. The minimum absolute atomic E-state index is 0.428. The lowest BCUT2D eigenvalue weighted by Gasteiger charge is -2.21. The summed E-state index contributed by atoms with van der Waals surface area (Å²) in [4.78, 5) is 0. The minimum Gasteiger partial charge on any atom is -0.378 e. The second-order valence-electron chi connectivity index (χ2n) is 5.15. The first-order chi connectivity index (χ1) is 7.61. The van der Waals surface area contributed by atoms with E-state index in [9.17, 15) is 0 Å². The van der Waals surface area contributed by atoms with Crippen LogP contribution in [0.2, 0.25) is 0 Å². The first kappa shape index (κ1) is 16.4. The number of ether oxygens (including phenoxy) is 1. The highest BCUT2D eigenvalue weighted by Gasteiger charge is 2.13. The van der Waals surface area contributed by atoms with Crippen molar-refractivity contribution >= 4 is 15.9 Å². The molecule has 1 nitrogen and oxygen atoms in total. The highest BCUT2D eigenvalue weighted by Crippen LogP contribution is 2.16. The highest BCUT2D eigenvalue weighted by atomic mass is 79.9. The third kappa shape index (κ3) is 8.58. The van der Waals surface area contributed by atoms with E-state index in [2.05, 4.69) is 43.6 Å². The molecule has 0 aliphatic rings. The molecule has 0 aliphatic carbocycles. The Morgan fingerprint density at radius 2 is 1.75 bits per heavy atom. The fourth-order valence-electron chi connectivity index (χ4n) is 1.64. The van der Waals surface area contributed by atoms with Gasteiger partial charge in [0.05, 0.1) is 12.7 Å². The van der Waals surface area contributed by atoms with Gasteiger partial charge in [-0.2, -0.15) is 0 Å². The van der Waals surface area contributed by atoms with Crippen LogP contribution in [0.25, 0.3) is 0 Å². The Morgan fingerprint density at radius 3 is 2.25 bits per heavy atom. The van der Waals surface area contributed by atoms with Crippen LogP contribution in [0.1, 0.15) is 59.8 Å². The van der Waals surface area contributed by atoms with Crippen molar-refractivity contribution in [3.63, 3.8) is 0 Å². The number of hydrogen-bond acceptors (Lipinski definition) is 1. The monoisotopic (exact) mass is 292 g/mol. The fraction of sp³-hybridized carbons (Fsp3) is 1.00. The molecule has 0 amide bonds. The van der Waals surface area contributed by atoms with Crippen LogP contribution in [0, 0.1) is 11.8 Å². The molecule has 0 N–H and O–H groups in total. The largest absolute Gasteiger partial charge is 0.378 e. The van der Waals surface area contributed by atoms with Crippen molar-refractivity contribution in [2.75, 3.05) is 11.9 Å². The molecule has 0 saturated carbocycles. The van der Waals surface area contributed by atoms with Gasteiger partial charge in [-0.3, -0.25) is 0 Å². The van der Waals surface area contributed by atoms with Gasteiger partial charge in [0.15, 0.2) is 0 Å². The first-order valence-corrected chi connectivity index (χ1v) is 7.91. The third-order valence-corrected chi connectivity index (χ3v) is 4.03. The summed E-state index contributed by atoms with van der Waals surface area (Å²) in [6, 6.07) is 0. The van der Waals surface area contributed by atoms with Crippen molar-refractivity contribution in [1.82, 2.24) is 0 Å². The van der Waals surface area contributed by atoms with Crippen LogP contribution in [0.5, 0.6) is 0 Å². The summed E-state index contributed by atoms with van der Waals surface area (Å²) >= 11 is 3.56. The van der Waals surface area contributed by atoms with Crippen LogP contribution in [0.4, 0.5) is 0 Å². The summed E-state index contributed by atoms with van der Waals surface area (Å²) in [5, 5.41) is 1.05. The van der Waals surface area contributed by atoms with Crippen molar-refractivity contribution in [2.45, 2.75) is 65.9 Å². The maximum absolute atomic E-state index is 5.91. The van der Waals surface area contributed by atoms with E-state index in [0.717, 1.165) is 11.9 Å². The SMILES string of the molecule is CCCCCCC(C)OCC(CBr)C(C)C. The molecular weight excluding hydrogens is 264 g/mol. The second kappa shape index (κ2) is 10.6. The van der Waals surface area contributed by atoms with Gasteiger partial charge in [0, 0.05) is 5.33 Å². The van der Waals surface area contributed by atoms with Crippen molar-refractivity contribution in [2.24, 2.45) is 11.8 Å². The number of halogens is 1.